The van der Waals surface area contributed by atoms with E-state index in [9.17, 15) is 5.11 Å². The highest BCUT2D eigenvalue weighted by atomic mass is 16.5. The Balaban J connectivity index is 1.79. The number of hydrogen-bond donors (Lipinski definition) is 1. The molecule has 2 aromatic heterocycles. The number of benzene rings is 1. The third-order valence-electron chi connectivity index (χ3n) is 2.57. The molecule has 0 radical (unpaired) electrons. The summed E-state index contributed by atoms with van der Waals surface area (Å²) in [5.41, 5.74) is 0.734. The number of aromatic hydroxyl groups is 1. The van der Waals surface area contributed by atoms with E-state index in [2.05, 4.69) is 4.98 Å². The molecule has 0 atom stereocenters. The van der Waals surface area contributed by atoms with Crippen LogP contribution in [0.15, 0.2) is 53.2 Å². The second kappa shape index (κ2) is 4.41. The quantitative estimate of drug-likeness (QED) is 0.765. The van der Waals surface area contributed by atoms with Gasteiger partial charge in [-0.2, -0.15) is 0 Å². The van der Waals surface area contributed by atoms with E-state index in [1.807, 2.05) is 18.2 Å². The molecular weight excluding hydrogens is 230 g/mol. The Bertz CT molecular complexity index is 661. The minimum absolute atomic E-state index is 0.225. The lowest BCUT2D eigenvalue weighted by Gasteiger charge is -2.01. The molecule has 0 aliphatic carbocycles. The Morgan fingerprint density at radius 2 is 2.17 bits per heavy atom. The van der Waals surface area contributed by atoms with Gasteiger partial charge in [0.2, 0.25) is 0 Å². The molecule has 3 rings (SSSR count). The molecule has 0 unspecified atom stereocenters. The van der Waals surface area contributed by atoms with E-state index in [-0.39, 0.29) is 5.75 Å². The third-order valence-corrected chi connectivity index (χ3v) is 2.57. The van der Waals surface area contributed by atoms with Gasteiger partial charge in [-0.3, -0.25) is 4.98 Å². The zero-order valence-electron chi connectivity index (χ0n) is 9.54. The Hall–Kier alpha value is -2.49. The lowest BCUT2D eigenvalue weighted by molar-refractivity contribution is 0.273. The Morgan fingerprint density at radius 1 is 1.22 bits per heavy atom. The van der Waals surface area contributed by atoms with Gasteiger partial charge < -0.3 is 14.3 Å². The van der Waals surface area contributed by atoms with Gasteiger partial charge in [-0.25, -0.2) is 0 Å². The molecule has 0 spiro atoms. The van der Waals surface area contributed by atoms with E-state index in [1.165, 1.54) is 0 Å². The van der Waals surface area contributed by atoms with Gasteiger partial charge in [0.15, 0.2) is 0 Å². The second-order valence-electron chi connectivity index (χ2n) is 3.91. The van der Waals surface area contributed by atoms with Gasteiger partial charge in [-0.15, -0.1) is 0 Å². The first-order chi connectivity index (χ1) is 8.81. The maximum atomic E-state index is 9.37. The van der Waals surface area contributed by atoms with Crippen LogP contribution in [-0.2, 0) is 6.61 Å². The summed E-state index contributed by atoms with van der Waals surface area (Å²) in [6, 6.07) is 10.5. The molecule has 4 heteroatoms. The average molecular weight is 241 g/mol. The highest BCUT2D eigenvalue weighted by Gasteiger charge is 2.05. The standard InChI is InChI=1S/C14H11NO3/c16-11-3-4-14-10(6-11)7-13(18-14)9-17-12-2-1-5-15-8-12/h1-8,16H,9H2. The molecule has 4 nitrogen and oxygen atoms in total. The smallest absolute Gasteiger partial charge is 0.146 e. The van der Waals surface area contributed by atoms with Gasteiger partial charge in [0, 0.05) is 11.6 Å². The van der Waals surface area contributed by atoms with Gasteiger partial charge in [0.25, 0.3) is 0 Å². The molecule has 1 aromatic carbocycles. The summed E-state index contributed by atoms with van der Waals surface area (Å²) in [6.45, 7) is 0.334. The molecule has 0 amide bonds. The molecule has 0 saturated carbocycles. The maximum Gasteiger partial charge on any atom is 0.146 e. The monoisotopic (exact) mass is 241 g/mol. The van der Waals surface area contributed by atoms with Gasteiger partial charge >= 0.3 is 0 Å². The fourth-order valence-corrected chi connectivity index (χ4v) is 1.74. The summed E-state index contributed by atoms with van der Waals surface area (Å²) >= 11 is 0. The van der Waals surface area contributed by atoms with Crippen molar-refractivity contribution >= 4 is 11.0 Å². The number of nitrogens with zero attached hydrogens (tertiary/aromatic N) is 1. The molecule has 1 N–H and O–H groups in total. The highest BCUT2D eigenvalue weighted by Crippen LogP contribution is 2.24. The van der Waals surface area contributed by atoms with Crippen LogP contribution in [0.4, 0.5) is 0 Å². The predicted octanol–water partition coefficient (Wildman–Crippen LogP) is 3.11. The van der Waals surface area contributed by atoms with Crippen LogP contribution >= 0.6 is 0 Å². The third kappa shape index (κ3) is 2.13. The van der Waals surface area contributed by atoms with Crippen LogP contribution in [0.2, 0.25) is 0 Å². The molecular formula is C14H11NO3. The molecule has 18 heavy (non-hydrogen) atoms. The van der Waals surface area contributed by atoms with Crippen molar-refractivity contribution in [2.75, 3.05) is 0 Å². The van der Waals surface area contributed by atoms with Crippen LogP contribution in [0.25, 0.3) is 11.0 Å². The lowest BCUT2D eigenvalue weighted by atomic mass is 10.2. The van der Waals surface area contributed by atoms with E-state index < -0.39 is 0 Å². The van der Waals surface area contributed by atoms with Crippen molar-refractivity contribution in [2.24, 2.45) is 0 Å². The number of pyridine rings is 1. The predicted molar refractivity (Wildman–Crippen MR) is 66.4 cm³/mol. The van der Waals surface area contributed by atoms with E-state index in [0.29, 0.717) is 18.1 Å². The number of phenolic OH excluding ortho intramolecular Hbond substituents is 1. The normalized spacial score (nSPS) is 10.7. The van der Waals surface area contributed by atoms with Crippen molar-refractivity contribution in [2.45, 2.75) is 6.61 Å². The first-order valence-corrected chi connectivity index (χ1v) is 5.55. The van der Waals surface area contributed by atoms with E-state index in [1.54, 1.807) is 30.6 Å². The van der Waals surface area contributed by atoms with Crippen molar-refractivity contribution in [3.05, 3.63) is 54.6 Å². The van der Waals surface area contributed by atoms with Gasteiger partial charge in [0.1, 0.15) is 29.4 Å². The van der Waals surface area contributed by atoms with Gasteiger partial charge in [0.05, 0.1) is 6.20 Å². The number of aromatic nitrogens is 1. The molecule has 3 aromatic rings. The largest absolute Gasteiger partial charge is 0.508 e. The molecule has 0 bridgehead atoms. The number of rotatable bonds is 3. The fraction of sp³-hybridized carbons (Fsp3) is 0.0714. The van der Waals surface area contributed by atoms with Crippen LogP contribution in [0.5, 0.6) is 11.5 Å². The summed E-state index contributed by atoms with van der Waals surface area (Å²) in [7, 11) is 0. The maximum absolute atomic E-state index is 9.37. The van der Waals surface area contributed by atoms with Crippen molar-refractivity contribution in [3.63, 3.8) is 0 Å². The molecule has 0 aliphatic heterocycles. The van der Waals surface area contributed by atoms with Crippen molar-refractivity contribution in [1.29, 1.82) is 0 Å². The molecule has 90 valence electrons. The second-order valence-corrected chi connectivity index (χ2v) is 3.91. The topological polar surface area (TPSA) is 55.5 Å². The molecule has 0 fully saturated rings. The summed E-state index contributed by atoms with van der Waals surface area (Å²) in [5.74, 6) is 1.63. The number of phenols is 1. The first-order valence-electron chi connectivity index (χ1n) is 5.55. The number of hydrogen-bond acceptors (Lipinski definition) is 4. The fourth-order valence-electron chi connectivity index (χ4n) is 1.74. The average Bonchev–Trinajstić information content (AvgIpc) is 2.79. The molecule has 2 heterocycles. The van der Waals surface area contributed by atoms with E-state index in [4.69, 9.17) is 9.15 Å². The van der Waals surface area contributed by atoms with Crippen molar-refractivity contribution in [3.8, 4) is 11.5 Å². The number of furan rings is 1. The van der Waals surface area contributed by atoms with Crippen LogP contribution in [0.1, 0.15) is 5.76 Å². The molecule has 0 aliphatic rings. The zero-order chi connectivity index (χ0) is 12.4. The summed E-state index contributed by atoms with van der Waals surface area (Å²) in [4.78, 5) is 3.96. The highest BCUT2D eigenvalue weighted by molar-refractivity contribution is 5.79. The Morgan fingerprint density at radius 3 is 3.00 bits per heavy atom. The van der Waals surface area contributed by atoms with Crippen LogP contribution < -0.4 is 4.74 Å². The zero-order valence-corrected chi connectivity index (χ0v) is 9.54. The summed E-state index contributed by atoms with van der Waals surface area (Å²) < 4.78 is 11.1. The van der Waals surface area contributed by atoms with Gasteiger partial charge in [-0.1, -0.05) is 0 Å². The van der Waals surface area contributed by atoms with E-state index in [0.717, 1.165) is 11.0 Å². The van der Waals surface area contributed by atoms with Crippen molar-refractivity contribution in [1.82, 2.24) is 4.98 Å². The Labute approximate surface area is 103 Å². The number of ether oxygens (including phenoxy) is 1. The Kier molecular flexibility index (Phi) is 2.61. The lowest BCUT2D eigenvalue weighted by Crippen LogP contribution is -1.93. The summed E-state index contributed by atoms with van der Waals surface area (Å²) in [6.07, 6.45) is 3.34. The minimum atomic E-state index is 0.225. The number of fused-ring (bicyclic) bond motifs is 1. The van der Waals surface area contributed by atoms with Crippen LogP contribution in [0.3, 0.4) is 0 Å². The van der Waals surface area contributed by atoms with Crippen LogP contribution in [-0.4, -0.2) is 10.1 Å². The van der Waals surface area contributed by atoms with Crippen molar-refractivity contribution < 1.29 is 14.3 Å². The van der Waals surface area contributed by atoms with Crippen LogP contribution in [0, 0.1) is 0 Å². The minimum Gasteiger partial charge on any atom is -0.508 e. The molecule has 0 saturated heterocycles. The summed E-state index contributed by atoms with van der Waals surface area (Å²) in [5, 5.41) is 10.2. The van der Waals surface area contributed by atoms with Gasteiger partial charge in [-0.05, 0) is 36.4 Å². The SMILES string of the molecule is Oc1ccc2oc(COc3cccnc3)cc2c1. The van der Waals surface area contributed by atoms with E-state index >= 15 is 0 Å². The first kappa shape index (κ1) is 10.7.